The molecule has 0 fully saturated rings. The Morgan fingerprint density at radius 1 is 0.914 bits per heavy atom. The molecule has 3 N–H and O–H groups in total. The molecule has 0 saturated heterocycles. The van der Waals surface area contributed by atoms with Crippen molar-refractivity contribution in [3.8, 4) is 0 Å². The second-order valence-electron chi connectivity index (χ2n) is 7.57. The van der Waals surface area contributed by atoms with E-state index in [2.05, 4.69) is 20.6 Å². The number of hydrogen-bond donors (Lipinski definition) is 3. The van der Waals surface area contributed by atoms with E-state index in [-0.39, 0.29) is 12.3 Å². The Bertz CT molecular complexity index is 1330. The maximum Gasteiger partial charge on any atom is 0.304 e. The minimum absolute atomic E-state index is 0.292. The maximum absolute atomic E-state index is 13.1. The molecule has 35 heavy (non-hydrogen) atoms. The molecule has 0 spiro atoms. The topological polar surface area (TPSA) is 121 Å². The number of nitrogens with zero attached hydrogens (tertiary/aromatic N) is 2. The van der Waals surface area contributed by atoms with Gasteiger partial charge in [0.2, 0.25) is 0 Å². The summed E-state index contributed by atoms with van der Waals surface area (Å²) < 4.78 is 13.1. The fourth-order valence-corrected chi connectivity index (χ4v) is 4.82. The summed E-state index contributed by atoms with van der Waals surface area (Å²) in [5, 5.41) is 14.5. The first-order valence-corrected chi connectivity index (χ1v) is 11.9. The van der Waals surface area contributed by atoms with Gasteiger partial charge in [0.05, 0.1) is 22.5 Å². The molecule has 0 aliphatic rings. The van der Waals surface area contributed by atoms with Gasteiger partial charge in [-0.3, -0.25) is 18.8 Å². The number of aliphatic carboxylic acids is 1. The number of carboxylic acids is 1. The number of carbonyl (C=O) groups is 2. The lowest BCUT2D eigenvalue weighted by Gasteiger charge is -2.15. The molecule has 4 rings (SSSR count). The number of carbonyl (C=O) groups excluding carboxylic acids is 1. The molecule has 2 aromatic carbocycles. The van der Waals surface area contributed by atoms with E-state index in [4.69, 9.17) is 0 Å². The van der Waals surface area contributed by atoms with Gasteiger partial charge in [-0.1, -0.05) is 18.2 Å². The molecule has 176 valence electrons. The molecule has 2 heterocycles. The number of amides is 1. The normalized spacial score (nSPS) is 12.3. The molecule has 0 saturated carbocycles. The summed E-state index contributed by atoms with van der Waals surface area (Å²) in [6, 6.07) is 22.5. The lowest BCUT2D eigenvalue weighted by molar-refractivity contribution is -0.137. The first-order chi connectivity index (χ1) is 17.0. The number of benzene rings is 2. The van der Waals surface area contributed by atoms with Crippen LogP contribution in [0.25, 0.3) is 0 Å². The minimum atomic E-state index is -1.62. The van der Waals surface area contributed by atoms with Crippen LogP contribution in [0.2, 0.25) is 0 Å². The number of aromatic nitrogens is 2. The van der Waals surface area contributed by atoms with Gasteiger partial charge in [0, 0.05) is 40.4 Å². The average molecular weight is 487 g/mol. The standard InChI is InChI=1S/C26H22N4O4S/c31-25(32)16-23(19-6-4-13-27-17-19)35(34)22-11-9-20(10-12-22)30-26(33)18-5-3-7-21(15-18)29-24-8-1-2-14-28-24/h1-15,17,23H,16H2,(H,28,29)(H,30,33)(H,31,32). The quantitative estimate of drug-likeness (QED) is 0.311. The van der Waals surface area contributed by atoms with Crippen LogP contribution < -0.4 is 10.6 Å². The SMILES string of the molecule is O=C(O)CC(c1cccnc1)S(=O)c1ccc(NC(=O)c2cccc(Nc3ccccn3)c2)cc1. The van der Waals surface area contributed by atoms with Crippen LogP contribution in [0, 0.1) is 0 Å². The van der Waals surface area contributed by atoms with E-state index in [1.54, 1.807) is 67.0 Å². The lowest BCUT2D eigenvalue weighted by Crippen LogP contribution is -2.13. The van der Waals surface area contributed by atoms with Gasteiger partial charge in [0.15, 0.2) is 0 Å². The third kappa shape index (κ3) is 6.36. The van der Waals surface area contributed by atoms with E-state index in [1.807, 2.05) is 24.3 Å². The van der Waals surface area contributed by atoms with Crippen LogP contribution in [-0.4, -0.2) is 31.2 Å². The third-order valence-electron chi connectivity index (χ3n) is 5.08. The number of hydrogen-bond acceptors (Lipinski definition) is 6. The summed E-state index contributed by atoms with van der Waals surface area (Å²) in [5.74, 6) is -0.681. The smallest absolute Gasteiger partial charge is 0.304 e. The van der Waals surface area contributed by atoms with Gasteiger partial charge >= 0.3 is 5.97 Å². The zero-order valence-corrected chi connectivity index (χ0v) is 19.3. The molecule has 9 heteroatoms. The van der Waals surface area contributed by atoms with Gasteiger partial charge in [0.25, 0.3) is 5.91 Å². The first-order valence-electron chi connectivity index (χ1n) is 10.7. The summed E-state index contributed by atoms with van der Waals surface area (Å²) in [5.41, 5.74) is 2.29. The maximum atomic E-state index is 13.1. The van der Waals surface area contributed by atoms with Crippen molar-refractivity contribution in [1.29, 1.82) is 0 Å². The van der Waals surface area contributed by atoms with Crippen molar-refractivity contribution in [3.63, 3.8) is 0 Å². The van der Waals surface area contributed by atoms with Gasteiger partial charge in [-0.05, 0) is 66.2 Å². The highest BCUT2D eigenvalue weighted by Gasteiger charge is 2.24. The molecule has 2 unspecified atom stereocenters. The second-order valence-corrected chi connectivity index (χ2v) is 9.20. The minimum Gasteiger partial charge on any atom is -0.481 e. The van der Waals surface area contributed by atoms with Crippen molar-refractivity contribution in [3.05, 3.63) is 109 Å². The molecule has 8 nitrogen and oxygen atoms in total. The molecule has 0 radical (unpaired) electrons. The summed E-state index contributed by atoms with van der Waals surface area (Å²) in [4.78, 5) is 32.8. The number of nitrogens with one attached hydrogen (secondary N) is 2. The average Bonchev–Trinajstić information content (AvgIpc) is 2.88. The molecule has 2 aromatic heterocycles. The Hall–Kier alpha value is -4.37. The second kappa shape index (κ2) is 11.2. The molecular weight excluding hydrogens is 464 g/mol. The van der Waals surface area contributed by atoms with Crippen molar-refractivity contribution < 1.29 is 18.9 Å². The molecule has 1 amide bonds. The van der Waals surface area contributed by atoms with Crippen LogP contribution in [0.15, 0.2) is 102 Å². The molecular formula is C26H22N4O4S. The number of carboxylic acid groups (broad SMARTS) is 1. The highest BCUT2D eigenvalue weighted by Crippen LogP contribution is 2.29. The summed E-state index contributed by atoms with van der Waals surface area (Å²) in [6.45, 7) is 0. The highest BCUT2D eigenvalue weighted by atomic mass is 32.2. The molecule has 0 aliphatic carbocycles. The zero-order chi connectivity index (χ0) is 24.6. The monoisotopic (exact) mass is 486 g/mol. The van der Waals surface area contributed by atoms with Crippen molar-refractivity contribution in [2.75, 3.05) is 10.6 Å². The zero-order valence-electron chi connectivity index (χ0n) is 18.5. The fourth-order valence-electron chi connectivity index (χ4n) is 3.40. The van der Waals surface area contributed by atoms with Gasteiger partial charge in [0.1, 0.15) is 5.82 Å². The Balaban J connectivity index is 1.45. The number of rotatable bonds is 9. The van der Waals surface area contributed by atoms with Crippen molar-refractivity contribution in [2.45, 2.75) is 16.6 Å². The van der Waals surface area contributed by atoms with Crippen LogP contribution in [-0.2, 0) is 15.6 Å². The van der Waals surface area contributed by atoms with Gasteiger partial charge < -0.3 is 15.7 Å². The summed E-state index contributed by atoms with van der Waals surface area (Å²) >= 11 is 0. The van der Waals surface area contributed by atoms with Crippen LogP contribution in [0.1, 0.15) is 27.6 Å². The molecule has 0 bridgehead atoms. The Morgan fingerprint density at radius 2 is 1.74 bits per heavy atom. The Morgan fingerprint density at radius 3 is 2.43 bits per heavy atom. The summed E-state index contributed by atoms with van der Waals surface area (Å²) in [7, 11) is -1.62. The Kier molecular flexibility index (Phi) is 7.59. The third-order valence-corrected chi connectivity index (χ3v) is 6.77. The summed E-state index contributed by atoms with van der Waals surface area (Å²) in [6.07, 6.45) is 4.48. The fraction of sp³-hybridized carbons (Fsp3) is 0.0769. The van der Waals surface area contributed by atoms with Gasteiger partial charge in [-0.2, -0.15) is 0 Å². The van der Waals surface area contributed by atoms with Crippen LogP contribution in [0.5, 0.6) is 0 Å². The van der Waals surface area contributed by atoms with E-state index in [0.717, 1.165) is 5.69 Å². The largest absolute Gasteiger partial charge is 0.481 e. The van der Waals surface area contributed by atoms with Gasteiger partial charge in [-0.25, -0.2) is 4.98 Å². The van der Waals surface area contributed by atoms with Crippen molar-refractivity contribution in [2.24, 2.45) is 0 Å². The molecule has 0 aliphatic heterocycles. The van der Waals surface area contributed by atoms with E-state index in [1.165, 1.54) is 6.20 Å². The Labute approximate surface area is 204 Å². The molecule has 4 aromatic rings. The van der Waals surface area contributed by atoms with Crippen LogP contribution >= 0.6 is 0 Å². The van der Waals surface area contributed by atoms with Gasteiger partial charge in [-0.15, -0.1) is 0 Å². The number of pyridine rings is 2. The predicted octanol–water partition coefficient (Wildman–Crippen LogP) is 4.80. The molecule has 2 atom stereocenters. The van der Waals surface area contributed by atoms with E-state index in [9.17, 15) is 18.9 Å². The van der Waals surface area contributed by atoms with E-state index < -0.39 is 22.0 Å². The van der Waals surface area contributed by atoms with Crippen molar-refractivity contribution >= 4 is 39.9 Å². The van der Waals surface area contributed by atoms with E-state index in [0.29, 0.717) is 27.5 Å². The first kappa shape index (κ1) is 23.8. The van der Waals surface area contributed by atoms with Crippen LogP contribution in [0.4, 0.5) is 17.2 Å². The highest BCUT2D eigenvalue weighted by molar-refractivity contribution is 7.85. The van der Waals surface area contributed by atoms with Crippen molar-refractivity contribution in [1.82, 2.24) is 9.97 Å². The number of anilines is 3. The lowest BCUT2D eigenvalue weighted by atomic mass is 10.1. The van der Waals surface area contributed by atoms with E-state index >= 15 is 0 Å². The van der Waals surface area contributed by atoms with Crippen LogP contribution in [0.3, 0.4) is 0 Å². The predicted molar refractivity (Wildman–Crippen MR) is 134 cm³/mol.